The van der Waals surface area contributed by atoms with Gasteiger partial charge in [0, 0.05) is 43.3 Å². The van der Waals surface area contributed by atoms with Crippen LogP contribution in [0.3, 0.4) is 0 Å². The van der Waals surface area contributed by atoms with Crippen LogP contribution in [0.5, 0.6) is 0 Å². The first-order chi connectivity index (χ1) is 14.3. The SMILES string of the molecule is CCc1nncn1CCNC(=NCC1CCCCO1)NCCSc1ccccc1. The van der Waals surface area contributed by atoms with Crippen molar-refractivity contribution in [3.05, 3.63) is 42.5 Å². The number of aromatic nitrogens is 3. The maximum Gasteiger partial charge on any atom is 0.191 e. The van der Waals surface area contributed by atoms with Gasteiger partial charge in [0.1, 0.15) is 12.2 Å². The second-order valence-electron chi connectivity index (χ2n) is 6.99. The van der Waals surface area contributed by atoms with Crippen molar-refractivity contribution in [2.45, 2.75) is 50.2 Å². The molecule has 2 aromatic rings. The Kier molecular flexibility index (Phi) is 9.32. The minimum Gasteiger partial charge on any atom is -0.376 e. The number of hydrogen-bond donors (Lipinski definition) is 2. The lowest BCUT2D eigenvalue weighted by Crippen LogP contribution is -2.40. The number of nitrogens with zero attached hydrogens (tertiary/aromatic N) is 4. The molecule has 1 aliphatic rings. The highest BCUT2D eigenvalue weighted by Crippen LogP contribution is 2.15. The normalized spacial score (nSPS) is 17.3. The van der Waals surface area contributed by atoms with Crippen LogP contribution >= 0.6 is 11.8 Å². The number of guanidine groups is 1. The van der Waals surface area contributed by atoms with Gasteiger partial charge in [0.2, 0.25) is 0 Å². The first-order valence-electron chi connectivity index (χ1n) is 10.5. The summed E-state index contributed by atoms with van der Waals surface area (Å²) >= 11 is 1.84. The number of nitrogens with one attached hydrogen (secondary N) is 2. The van der Waals surface area contributed by atoms with Crippen molar-refractivity contribution in [1.29, 1.82) is 0 Å². The Morgan fingerprint density at radius 1 is 1.24 bits per heavy atom. The van der Waals surface area contributed by atoms with Gasteiger partial charge in [0.15, 0.2) is 5.96 Å². The fourth-order valence-corrected chi connectivity index (χ4v) is 4.00. The molecule has 0 radical (unpaired) electrons. The molecule has 158 valence electrons. The molecule has 1 aromatic heterocycles. The van der Waals surface area contributed by atoms with E-state index < -0.39 is 0 Å². The number of aliphatic imine (C=N–C) groups is 1. The zero-order chi connectivity index (χ0) is 20.2. The van der Waals surface area contributed by atoms with Crippen molar-refractivity contribution in [3.63, 3.8) is 0 Å². The van der Waals surface area contributed by atoms with Crippen molar-refractivity contribution >= 4 is 17.7 Å². The lowest BCUT2D eigenvalue weighted by molar-refractivity contribution is 0.0224. The average molecular weight is 417 g/mol. The third-order valence-electron chi connectivity index (χ3n) is 4.79. The molecule has 29 heavy (non-hydrogen) atoms. The molecule has 0 amide bonds. The van der Waals surface area contributed by atoms with Crippen molar-refractivity contribution in [1.82, 2.24) is 25.4 Å². The topological polar surface area (TPSA) is 76.4 Å². The van der Waals surface area contributed by atoms with Gasteiger partial charge in [-0.3, -0.25) is 4.99 Å². The third kappa shape index (κ3) is 7.70. The summed E-state index contributed by atoms with van der Waals surface area (Å²) in [7, 11) is 0. The molecule has 0 bridgehead atoms. The lowest BCUT2D eigenvalue weighted by atomic mass is 10.1. The van der Waals surface area contributed by atoms with Crippen LogP contribution in [0, 0.1) is 0 Å². The fourth-order valence-electron chi connectivity index (χ4n) is 3.21. The van der Waals surface area contributed by atoms with Gasteiger partial charge in [-0.1, -0.05) is 25.1 Å². The van der Waals surface area contributed by atoms with Gasteiger partial charge in [-0.25, -0.2) is 0 Å². The molecule has 1 saturated heterocycles. The first kappa shape index (κ1) is 21.6. The number of thioether (sulfide) groups is 1. The molecular formula is C21H32N6OS. The summed E-state index contributed by atoms with van der Waals surface area (Å²) in [6, 6.07) is 10.5. The fraction of sp³-hybridized carbons (Fsp3) is 0.571. The predicted octanol–water partition coefficient (Wildman–Crippen LogP) is 2.74. The Balaban J connectivity index is 1.46. The number of rotatable bonds is 10. The van der Waals surface area contributed by atoms with E-state index in [2.05, 4.69) is 56.6 Å². The standard InChI is InChI=1S/C21H32N6OS/c1-2-20-26-25-17-27(20)13-11-22-21(24-16-18-8-6-7-14-28-18)23-12-15-29-19-9-4-3-5-10-19/h3-5,9-10,17-18H,2,6-8,11-16H2,1H3,(H2,22,23,24). The molecule has 7 nitrogen and oxygen atoms in total. The Morgan fingerprint density at radius 2 is 2.10 bits per heavy atom. The van der Waals surface area contributed by atoms with Gasteiger partial charge in [0.25, 0.3) is 0 Å². The van der Waals surface area contributed by atoms with Crippen LogP contribution in [0.4, 0.5) is 0 Å². The van der Waals surface area contributed by atoms with Gasteiger partial charge in [-0.05, 0) is 31.4 Å². The molecule has 2 heterocycles. The Bertz CT molecular complexity index is 730. The van der Waals surface area contributed by atoms with Gasteiger partial charge in [0.05, 0.1) is 12.6 Å². The zero-order valence-electron chi connectivity index (χ0n) is 17.2. The van der Waals surface area contributed by atoms with E-state index in [0.29, 0.717) is 6.54 Å². The number of benzene rings is 1. The van der Waals surface area contributed by atoms with Gasteiger partial charge in [-0.15, -0.1) is 22.0 Å². The van der Waals surface area contributed by atoms with E-state index >= 15 is 0 Å². The van der Waals surface area contributed by atoms with E-state index in [9.17, 15) is 0 Å². The van der Waals surface area contributed by atoms with Crippen LogP contribution in [-0.2, 0) is 17.7 Å². The highest BCUT2D eigenvalue weighted by molar-refractivity contribution is 7.99. The summed E-state index contributed by atoms with van der Waals surface area (Å²) in [6.07, 6.45) is 6.41. The maximum atomic E-state index is 5.82. The highest BCUT2D eigenvalue weighted by Gasteiger charge is 2.13. The number of hydrogen-bond acceptors (Lipinski definition) is 5. The van der Waals surface area contributed by atoms with E-state index in [0.717, 1.165) is 56.6 Å². The monoisotopic (exact) mass is 416 g/mol. The smallest absolute Gasteiger partial charge is 0.191 e. The van der Waals surface area contributed by atoms with Crippen molar-refractivity contribution in [3.8, 4) is 0 Å². The van der Waals surface area contributed by atoms with E-state index in [1.807, 2.05) is 17.8 Å². The minimum atomic E-state index is 0.241. The molecule has 1 unspecified atom stereocenters. The summed E-state index contributed by atoms with van der Waals surface area (Å²) in [5.74, 6) is 2.84. The quantitative estimate of drug-likeness (QED) is 0.268. The van der Waals surface area contributed by atoms with Gasteiger partial charge >= 0.3 is 0 Å². The molecule has 2 N–H and O–H groups in total. The van der Waals surface area contributed by atoms with E-state index in [4.69, 9.17) is 9.73 Å². The molecular weight excluding hydrogens is 384 g/mol. The Hall–Kier alpha value is -2.06. The minimum absolute atomic E-state index is 0.241. The number of aryl methyl sites for hydroxylation is 1. The summed E-state index contributed by atoms with van der Waals surface area (Å²) < 4.78 is 7.90. The van der Waals surface area contributed by atoms with E-state index in [-0.39, 0.29) is 6.10 Å². The third-order valence-corrected chi connectivity index (χ3v) is 5.80. The molecule has 0 spiro atoms. The summed E-state index contributed by atoms with van der Waals surface area (Å²) in [5.41, 5.74) is 0. The highest BCUT2D eigenvalue weighted by atomic mass is 32.2. The van der Waals surface area contributed by atoms with Crippen LogP contribution in [0.1, 0.15) is 32.0 Å². The van der Waals surface area contributed by atoms with Crippen LogP contribution in [0.15, 0.2) is 46.5 Å². The first-order valence-corrected chi connectivity index (χ1v) is 11.5. The molecule has 8 heteroatoms. The summed E-state index contributed by atoms with van der Waals surface area (Å²) in [6.45, 7) is 6.09. The van der Waals surface area contributed by atoms with Crippen LogP contribution in [0.2, 0.25) is 0 Å². The van der Waals surface area contributed by atoms with Gasteiger partial charge in [-0.2, -0.15) is 0 Å². The van der Waals surface area contributed by atoms with Gasteiger partial charge < -0.3 is 19.9 Å². The zero-order valence-corrected chi connectivity index (χ0v) is 18.0. The van der Waals surface area contributed by atoms with Crippen molar-refractivity contribution in [2.24, 2.45) is 4.99 Å². The molecule has 1 fully saturated rings. The lowest BCUT2D eigenvalue weighted by Gasteiger charge is -2.21. The molecule has 3 rings (SSSR count). The van der Waals surface area contributed by atoms with Crippen LogP contribution < -0.4 is 10.6 Å². The predicted molar refractivity (Wildman–Crippen MR) is 118 cm³/mol. The van der Waals surface area contributed by atoms with E-state index in [1.54, 1.807) is 6.33 Å². The molecule has 1 aliphatic heterocycles. The van der Waals surface area contributed by atoms with Crippen molar-refractivity contribution < 1.29 is 4.74 Å². The second-order valence-corrected chi connectivity index (χ2v) is 8.16. The molecule has 1 atom stereocenters. The average Bonchev–Trinajstić information content (AvgIpc) is 3.23. The second kappa shape index (κ2) is 12.5. The maximum absolute atomic E-state index is 5.82. The van der Waals surface area contributed by atoms with Crippen molar-refractivity contribution in [2.75, 3.05) is 32.0 Å². The molecule has 0 saturated carbocycles. The van der Waals surface area contributed by atoms with Crippen LogP contribution in [-0.4, -0.2) is 58.8 Å². The summed E-state index contributed by atoms with van der Waals surface area (Å²) in [4.78, 5) is 6.06. The largest absolute Gasteiger partial charge is 0.376 e. The number of ether oxygens (including phenoxy) is 1. The Morgan fingerprint density at radius 3 is 2.90 bits per heavy atom. The van der Waals surface area contributed by atoms with Crippen LogP contribution in [0.25, 0.3) is 0 Å². The molecule has 0 aliphatic carbocycles. The Labute approximate surface area is 177 Å². The van der Waals surface area contributed by atoms with E-state index in [1.165, 1.54) is 17.7 Å². The summed E-state index contributed by atoms with van der Waals surface area (Å²) in [5, 5.41) is 15.0. The molecule has 1 aromatic carbocycles.